The Morgan fingerprint density at radius 3 is 2.88 bits per heavy atom. The van der Waals surface area contributed by atoms with E-state index in [9.17, 15) is 5.11 Å². The van der Waals surface area contributed by atoms with Crippen molar-refractivity contribution >= 4 is 5.82 Å². The van der Waals surface area contributed by atoms with Crippen LogP contribution in [-0.2, 0) is 15.9 Å². The summed E-state index contributed by atoms with van der Waals surface area (Å²) in [6.45, 7) is 4.61. The highest BCUT2D eigenvalue weighted by molar-refractivity contribution is 5.39. The van der Waals surface area contributed by atoms with Gasteiger partial charge >= 0.3 is 0 Å². The highest BCUT2D eigenvalue weighted by Gasteiger charge is 2.33. The quantitative estimate of drug-likeness (QED) is 0.836. The van der Waals surface area contributed by atoms with Gasteiger partial charge in [0.2, 0.25) is 0 Å². The molecule has 3 rings (SSSR count). The van der Waals surface area contributed by atoms with E-state index in [2.05, 4.69) is 22.0 Å². The van der Waals surface area contributed by atoms with Crippen LogP contribution in [-0.4, -0.2) is 80.2 Å². The summed E-state index contributed by atoms with van der Waals surface area (Å²) in [5, 5.41) is 10.7. The molecule has 0 bridgehead atoms. The van der Waals surface area contributed by atoms with Crippen LogP contribution in [0.3, 0.4) is 0 Å². The Bertz CT molecular complexity index is 546. The summed E-state index contributed by atoms with van der Waals surface area (Å²) in [7, 11) is 4.02. The first-order chi connectivity index (χ1) is 12.0. The van der Waals surface area contributed by atoms with Gasteiger partial charge in [0.25, 0.3) is 0 Å². The van der Waals surface area contributed by atoms with Crippen molar-refractivity contribution in [2.24, 2.45) is 0 Å². The zero-order chi connectivity index (χ0) is 17.7. The molecule has 140 valence electrons. The molecular weight excluding hydrogens is 318 g/mol. The molecule has 2 aliphatic heterocycles. The zero-order valence-corrected chi connectivity index (χ0v) is 15.5. The summed E-state index contributed by atoms with van der Waals surface area (Å²) in [4.78, 5) is 8.75. The SMILES string of the molecule is CN(C)c1cc(CC[C@H]2CN(CC3(O)CCOCC3)CCO2)ccn1. The molecule has 3 heterocycles. The van der Waals surface area contributed by atoms with Gasteiger partial charge in [-0.1, -0.05) is 0 Å². The third-order valence-electron chi connectivity index (χ3n) is 5.19. The molecule has 0 spiro atoms. The van der Waals surface area contributed by atoms with Crippen LogP contribution in [0.25, 0.3) is 0 Å². The number of rotatable bonds is 6. The minimum absolute atomic E-state index is 0.230. The summed E-state index contributed by atoms with van der Waals surface area (Å²) in [6, 6.07) is 4.23. The van der Waals surface area contributed by atoms with E-state index in [-0.39, 0.29) is 6.10 Å². The lowest BCUT2D eigenvalue weighted by Crippen LogP contribution is -2.52. The Morgan fingerprint density at radius 2 is 2.12 bits per heavy atom. The standard InChI is InChI=1S/C19H31N3O3/c1-21(2)18-13-16(5-8-20-18)3-4-17-14-22(9-12-25-17)15-19(23)6-10-24-11-7-19/h5,8,13,17,23H,3-4,6-7,9-12,14-15H2,1-2H3/t17-/m0/s1. The molecule has 1 N–H and O–H groups in total. The molecule has 0 radical (unpaired) electrons. The molecule has 25 heavy (non-hydrogen) atoms. The minimum Gasteiger partial charge on any atom is -0.388 e. The molecular formula is C19H31N3O3. The molecule has 1 atom stereocenters. The van der Waals surface area contributed by atoms with E-state index in [1.54, 1.807) is 0 Å². The summed E-state index contributed by atoms with van der Waals surface area (Å²) < 4.78 is 11.3. The van der Waals surface area contributed by atoms with Gasteiger partial charge in [-0.3, -0.25) is 4.90 Å². The second-order valence-electron chi connectivity index (χ2n) is 7.52. The van der Waals surface area contributed by atoms with E-state index in [0.29, 0.717) is 13.2 Å². The number of β-amino-alcohol motifs (C(OH)–C–C–N with tert-alkyl or cyclic N) is 1. The molecule has 2 aliphatic rings. The van der Waals surface area contributed by atoms with Gasteiger partial charge < -0.3 is 19.5 Å². The molecule has 1 aromatic rings. The van der Waals surface area contributed by atoms with Crippen molar-refractivity contribution in [2.75, 3.05) is 58.5 Å². The Balaban J connectivity index is 1.49. The van der Waals surface area contributed by atoms with Crippen molar-refractivity contribution in [3.8, 4) is 0 Å². The number of aromatic nitrogens is 1. The summed E-state index contributed by atoms with van der Waals surface area (Å²) in [5.41, 5.74) is 0.703. The van der Waals surface area contributed by atoms with E-state index in [4.69, 9.17) is 9.47 Å². The third kappa shape index (κ3) is 5.38. The van der Waals surface area contributed by atoms with Crippen molar-refractivity contribution in [2.45, 2.75) is 37.4 Å². The maximum atomic E-state index is 10.7. The predicted octanol–water partition coefficient (Wildman–Crippen LogP) is 1.32. The van der Waals surface area contributed by atoms with Gasteiger partial charge in [0.1, 0.15) is 5.82 Å². The van der Waals surface area contributed by atoms with Gasteiger partial charge in [0.05, 0.1) is 18.3 Å². The van der Waals surface area contributed by atoms with Crippen molar-refractivity contribution in [1.82, 2.24) is 9.88 Å². The van der Waals surface area contributed by atoms with Crippen molar-refractivity contribution < 1.29 is 14.6 Å². The van der Waals surface area contributed by atoms with E-state index in [1.165, 1.54) is 5.56 Å². The van der Waals surface area contributed by atoms with Crippen LogP contribution >= 0.6 is 0 Å². The van der Waals surface area contributed by atoms with Crippen LogP contribution in [0.1, 0.15) is 24.8 Å². The summed E-state index contributed by atoms with van der Waals surface area (Å²) >= 11 is 0. The number of hydrogen-bond acceptors (Lipinski definition) is 6. The molecule has 6 nitrogen and oxygen atoms in total. The number of nitrogens with zero attached hydrogens (tertiary/aromatic N) is 3. The van der Waals surface area contributed by atoms with Crippen molar-refractivity contribution in [1.29, 1.82) is 0 Å². The topological polar surface area (TPSA) is 58.1 Å². The van der Waals surface area contributed by atoms with Crippen LogP contribution in [0, 0.1) is 0 Å². The number of aliphatic hydroxyl groups is 1. The molecule has 2 fully saturated rings. The summed E-state index contributed by atoms with van der Waals surface area (Å²) in [6.07, 6.45) is 5.56. The lowest BCUT2D eigenvalue weighted by atomic mass is 9.93. The Labute approximate surface area is 150 Å². The monoisotopic (exact) mass is 349 g/mol. The lowest BCUT2D eigenvalue weighted by Gasteiger charge is -2.40. The zero-order valence-electron chi connectivity index (χ0n) is 15.5. The predicted molar refractivity (Wildman–Crippen MR) is 98.1 cm³/mol. The van der Waals surface area contributed by atoms with Crippen LogP contribution < -0.4 is 4.90 Å². The first kappa shape index (κ1) is 18.6. The number of pyridine rings is 1. The van der Waals surface area contributed by atoms with E-state index in [1.807, 2.05) is 25.2 Å². The largest absolute Gasteiger partial charge is 0.388 e. The number of ether oxygens (including phenoxy) is 2. The van der Waals surface area contributed by atoms with Crippen LogP contribution in [0.2, 0.25) is 0 Å². The third-order valence-corrected chi connectivity index (χ3v) is 5.19. The van der Waals surface area contributed by atoms with Crippen LogP contribution in [0.15, 0.2) is 18.3 Å². The lowest BCUT2D eigenvalue weighted by molar-refractivity contribution is -0.103. The van der Waals surface area contributed by atoms with Gasteiger partial charge in [0.15, 0.2) is 0 Å². The second-order valence-corrected chi connectivity index (χ2v) is 7.52. The highest BCUT2D eigenvalue weighted by atomic mass is 16.5. The first-order valence-electron chi connectivity index (χ1n) is 9.30. The fourth-order valence-electron chi connectivity index (χ4n) is 3.61. The van der Waals surface area contributed by atoms with Gasteiger partial charge in [-0.2, -0.15) is 0 Å². The fourth-order valence-corrected chi connectivity index (χ4v) is 3.61. The Hall–Kier alpha value is -1.21. The molecule has 0 unspecified atom stereocenters. The molecule has 0 aliphatic carbocycles. The van der Waals surface area contributed by atoms with E-state index >= 15 is 0 Å². The van der Waals surface area contributed by atoms with Gasteiger partial charge in [-0.05, 0) is 30.5 Å². The van der Waals surface area contributed by atoms with E-state index < -0.39 is 5.60 Å². The van der Waals surface area contributed by atoms with E-state index in [0.717, 1.165) is 57.7 Å². The smallest absolute Gasteiger partial charge is 0.128 e. The Kier molecular flexibility index (Phi) is 6.28. The van der Waals surface area contributed by atoms with Gasteiger partial charge in [-0.15, -0.1) is 0 Å². The molecule has 0 amide bonds. The maximum absolute atomic E-state index is 10.7. The average molecular weight is 349 g/mol. The molecule has 2 saturated heterocycles. The van der Waals surface area contributed by atoms with Gasteiger partial charge in [0, 0.05) is 66.0 Å². The normalized spacial score (nSPS) is 24.2. The van der Waals surface area contributed by atoms with Crippen molar-refractivity contribution in [3.05, 3.63) is 23.9 Å². The number of anilines is 1. The number of hydrogen-bond donors (Lipinski definition) is 1. The molecule has 1 aromatic heterocycles. The molecule has 0 saturated carbocycles. The number of morpholine rings is 1. The van der Waals surface area contributed by atoms with Crippen LogP contribution in [0.4, 0.5) is 5.82 Å². The second kappa shape index (κ2) is 8.45. The minimum atomic E-state index is -0.591. The fraction of sp³-hybridized carbons (Fsp3) is 0.737. The van der Waals surface area contributed by atoms with Gasteiger partial charge in [-0.25, -0.2) is 4.98 Å². The average Bonchev–Trinajstić information content (AvgIpc) is 2.61. The molecule has 6 heteroatoms. The van der Waals surface area contributed by atoms with Crippen LogP contribution in [0.5, 0.6) is 0 Å². The Morgan fingerprint density at radius 1 is 1.32 bits per heavy atom. The molecule has 0 aromatic carbocycles. The summed E-state index contributed by atoms with van der Waals surface area (Å²) in [5.74, 6) is 0.991. The first-order valence-corrected chi connectivity index (χ1v) is 9.30. The van der Waals surface area contributed by atoms with Crippen molar-refractivity contribution in [3.63, 3.8) is 0 Å². The highest BCUT2D eigenvalue weighted by Crippen LogP contribution is 2.23. The maximum Gasteiger partial charge on any atom is 0.128 e. The number of aryl methyl sites for hydroxylation is 1.